The number of nitrogens with zero attached hydrogens (tertiary/aromatic N) is 3. The minimum absolute atomic E-state index is 0.316. The first-order valence-corrected chi connectivity index (χ1v) is 10.8. The third kappa shape index (κ3) is 3.97. The molecule has 0 saturated carbocycles. The van der Waals surface area contributed by atoms with Crippen molar-refractivity contribution in [2.45, 2.75) is 25.4 Å². The molecule has 0 atom stereocenters. The van der Waals surface area contributed by atoms with Crippen LogP contribution in [-0.4, -0.2) is 33.7 Å². The van der Waals surface area contributed by atoms with Crippen molar-refractivity contribution in [2.75, 3.05) is 13.1 Å². The molecule has 5 rings (SSSR count). The topological polar surface area (TPSA) is 64.2 Å². The van der Waals surface area contributed by atoms with E-state index in [9.17, 15) is 4.79 Å². The highest BCUT2D eigenvalue weighted by atomic mass is 16.1. The maximum Gasteiger partial charge on any atom is 0.249 e. The second-order valence-corrected chi connectivity index (χ2v) is 8.27. The van der Waals surface area contributed by atoms with E-state index in [4.69, 9.17) is 10.8 Å². The Hall–Kier alpha value is -3.44. The van der Waals surface area contributed by atoms with Gasteiger partial charge in [-0.3, -0.25) is 14.4 Å². The zero-order valence-electron chi connectivity index (χ0n) is 17.4. The normalized spacial score (nSPS) is 15.4. The van der Waals surface area contributed by atoms with Crippen LogP contribution in [0.3, 0.4) is 0 Å². The number of benzene rings is 3. The lowest BCUT2D eigenvalue weighted by atomic mass is 9.99. The van der Waals surface area contributed by atoms with Crippen LogP contribution in [-0.2, 0) is 6.54 Å². The van der Waals surface area contributed by atoms with Crippen molar-refractivity contribution in [3.05, 3.63) is 90.1 Å². The van der Waals surface area contributed by atoms with Crippen LogP contribution < -0.4 is 5.73 Å². The van der Waals surface area contributed by atoms with Gasteiger partial charge in [0.25, 0.3) is 0 Å². The number of piperidine rings is 1. The summed E-state index contributed by atoms with van der Waals surface area (Å²) >= 11 is 0. The van der Waals surface area contributed by atoms with Gasteiger partial charge in [-0.1, -0.05) is 60.7 Å². The van der Waals surface area contributed by atoms with Gasteiger partial charge in [-0.15, -0.1) is 0 Å². The van der Waals surface area contributed by atoms with Gasteiger partial charge in [0.15, 0.2) is 0 Å². The molecule has 0 spiro atoms. The molecule has 1 fully saturated rings. The van der Waals surface area contributed by atoms with Crippen molar-refractivity contribution >= 4 is 16.8 Å². The molecule has 31 heavy (non-hydrogen) atoms. The summed E-state index contributed by atoms with van der Waals surface area (Å²) in [6.07, 6.45) is 3.86. The molecular weight excluding hydrogens is 384 g/mol. The van der Waals surface area contributed by atoms with Crippen LogP contribution in [0.15, 0.2) is 79.0 Å². The Balaban J connectivity index is 1.43. The van der Waals surface area contributed by atoms with Crippen LogP contribution >= 0.6 is 0 Å². The highest BCUT2D eigenvalue weighted by Gasteiger charge is 2.24. The van der Waals surface area contributed by atoms with Crippen LogP contribution in [0.2, 0.25) is 0 Å². The van der Waals surface area contributed by atoms with Crippen molar-refractivity contribution in [1.29, 1.82) is 0 Å². The molecule has 1 saturated heterocycles. The number of rotatable bonds is 5. The van der Waals surface area contributed by atoms with Crippen LogP contribution in [0.4, 0.5) is 0 Å². The average molecular weight is 411 g/mol. The summed E-state index contributed by atoms with van der Waals surface area (Å²) in [5, 5.41) is 5.53. The number of hydrogen-bond donors (Lipinski definition) is 1. The lowest BCUT2D eigenvalue weighted by Gasteiger charge is -2.32. The fourth-order valence-electron chi connectivity index (χ4n) is 4.60. The maximum atomic E-state index is 12.2. The van der Waals surface area contributed by atoms with Crippen molar-refractivity contribution < 1.29 is 4.79 Å². The van der Waals surface area contributed by atoms with E-state index in [0.29, 0.717) is 11.6 Å². The Morgan fingerprint density at radius 2 is 1.61 bits per heavy atom. The number of carbonyl (C=O) groups is 1. The first-order chi connectivity index (χ1) is 15.2. The molecule has 0 aliphatic carbocycles. The monoisotopic (exact) mass is 410 g/mol. The molecule has 2 N–H and O–H groups in total. The van der Waals surface area contributed by atoms with Gasteiger partial charge in [0.2, 0.25) is 5.91 Å². The number of fused-ring (bicyclic) bond motifs is 1. The standard InChI is InChI=1S/C26H26N4O/c27-26(31)23-15-21(20-9-5-2-6-10-20)16-25-24(23)17-28-30(25)22-11-13-29(14-12-22)18-19-7-3-1-4-8-19/h1-10,15-17,22H,11-14,18H2,(H2,27,31). The van der Waals surface area contributed by atoms with E-state index in [2.05, 4.69) is 58.1 Å². The summed E-state index contributed by atoms with van der Waals surface area (Å²) in [5.74, 6) is -0.417. The molecule has 1 amide bonds. The van der Waals surface area contributed by atoms with Gasteiger partial charge in [-0.2, -0.15) is 5.10 Å². The quantitative estimate of drug-likeness (QED) is 0.521. The van der Waals surface area contributed by atoms with Gasteiger partial charge < -0.3 is 5.73 Å². The Morgan fingerprint density at radius 1 is 0.935 bits per heavy atom. The fraction of sp³-hybridized carbons (Fsp3) is 0.231. The Kier molecular flexibility index (Phi) is 5.26. The molecule has 4 aromatic rings. The number of carbonyl (C=O) groups excluding carboxylic acids is 1. The number of amides is 1. The zero-order chi connectivity index (χ0) is 21.2. The fourth-order valence-corrected chi connectivity index (χ4v) is 4.60. The van der Waals surface area contributed by atoms with Gasteiger partial charge in [-0.05, 0) is 41.7 Å². The SMILES string of the molecule is NC(=O)c1cc(-c2ccccc2)cc2c1cnn2C1CCN(Cc2ccccc2)CC1. The van der Waals surface area contributed by atoms with Crippen molar-refractivity contribution in [2.24, 2.45) is 5.73 Å². The van der Waals surface area contributed by atoms with Gasteiger partial charge in [0.05, 0.1) is 23.3 Å². The second kappa shape index (κ2) is 8.36. The predicted molar refractivity (Wildman–Crippen MR) is 124 cm³/mol. The minimum atomic E-state index is -0.417. The number of likely N-dealkylation sites (tertiary alicyclic amines) is 1. The molecular formula is C26H26N4O. The minimum Gasteiger partial charge on any atom is -0.366 e. The zero-order valence-corrected chi connectivity index (χ0v) is 17.4. The lowest BCUT2D eigenvalue weighted by Crippen LogP contribution is -2.34. The van der Waals surface area contributed by atoms with Crippen LogP contribution in [0, 0.1) is 0 Å². The van der Waals surface area contributed by atoms with Gasteiger partial charge in [0, 0.05) is 25.0 Å². The van der Waals surface area contributed by atoms with E-state index in [1.54, 1.807) is 6.20 Å². The first-order valence-electron chi connectivity index (χ1n) is 10.8. The van der Waals surface area contributed by atoms with Crippen molar-refractivity contribution in [3.63, 3.8) is 0 Å². The number of primary amides is 1. The predicted octanol–water partition coefficient (Wildman–Crippen LogP) is 4.64. The summed E-state index contributed by atoms with van der Waals surface area (Å²) in [4.78, 5) is 14.7. The third-order valence-electron chi connectivity index (χ3n) is 6.24. The van der Waals surface area contributed by atoms with E-state index in [1.807, 2.05) is 24.3 Å². The summed E-state index contributed by atoms with van der Waals surface area (Å²) < 4.78 is 2.11. The maximum absolute atomic E-state index is 12.2. The van der Waals surface area contributed by atoms with Gasteiger partial charge in [0.1, 0.15) is 0 Å². The Bertz CT molecular complexity index is 1190. The van der Waals surface area contributed by atoms with E-state index < -0.39 is 5.91 Å². The molecule has 0 bridgehead atoms. The van der Waals surface area contributed by atoms with Crippen LogP contribution in [0.25, 0.3) is 22.0 Å². The number of hydrogen-bond acceptors (Lipinski definition) is 3. The summed E-state index contributed by atoms with van der Waals surface area (Å²) in [7, 11) is 0. The highest BCUT2D eigenvalue weighted by molar-refractivity contribution is 6.07. The molecule has 156 valence electrons. The Labute approximate surface area is 182 Å². The van der Waals surface area contributed by atoms with Gasteiger partial charge in [-0.25, -0.2) is 0 Å². The van der Waals surface area contributed by atoms with Crippen LogP contribution in [0.1, 0.15) is 34.8 Å². The molecule has 5 heteroatoms. The van der Waals surface area contributed by atoms with E-state index in [1.165, 1.54) is 5.56 Å². The summed E-state index contributed by atoms with van der Waals surface area (Å²) in [5.41, 5.74) is 10.6. The molecule has 1 aliphatic rings. The Morgan fingerprint density at radius 3 is 2.29 bits per heavy atom. The first kappa shape index (κ1) is 19.5. The van der Waals surface area contributed by atoms with Crippen molar-refractivity contribution in [3.8, 4) is 11.1 Å². The third-order valence-corrected chi connectivity index (χ3v) is 6.24. The van der Waals surface area contributed by atoms with E-state index >= 15 is 0 Å². The largest absolute Gasteiger partial charge is 0.366 e. The van der Waals surface area contributed by atoms with Gasteiger partial charge >= 0.3 is 0 Å². The smallest absolute Gasteiger partial charge is 0.249 e. The average Bonchev–Trinajstić information content (AvgIpc) is 3.24. The van der Waals surface area contributed by atoms with Crippen LogP contribution in [0.5, 0.6) is 0 Å². The molecule has 1 aromatic heterocycles. The second-order valence-electron chi connectivity index (χ2n) is 8.27. The number of aromatic nitrogens is 2. The summed E-state index contributed by atoms with van der Waals surface area (Å²) in [6, 6.07) is 25.1. The molecule has 3 aromatic carbocycles. The van der Waals surface area contributed by atoms with E-state index in [-0.39, 0.29) is 0 Å². The molecule has 1 aliphatic heterocycles. The van der Waals surface area contributed by atoms with Crippen molar-refractivity contribution in [1.82, 2.24) is 14.7 Å². The molecule has 2 heterocycles. The number of nitrogens with two attached hydrogens (primary N) is 1. The molecule has 5 nitrogen and oxygen atoms in total. The lowest BCUT2D eigenvalue weighted by molar-refractivity contribution is 0.100. The molecule has 0 radical (unpaired) electrons. The molecule has 0 unspecified atom stereocenters. The summed E-state index contributed by atoms with van der Waals surface area (Å²) in [6.45, 7) is 3.04. The van der Waals surface area contributed by atoms with E-state index in [0.717, 1.165) is 54.5 Å². The highest BCUT2D eigenvalue weighted by Crippen LogP contribution is 2.32.